The van der Waals surface area contributed by atoms with Crippen molar-refractivity contribution in [2.45, 2.75) is 83.6 Å². The van der Waals surface area contributed by atoms with Crippen molar-refractivity contribution in [3.8, 4) is 0 Å². The summed E-state index contributed by atoms with van der Waals surface area (Å²) in [5, 5.41) is 6.85. The summed E-state index contributed by atoms with van der Waals surface area (Å²) in [4.78, 5) is 0. The zero-order valence-electron chi connectivity index (χ0n) is 16.2. The van der Waals surface area contributed by atoms with Crippen LogP contribution in [-0.4, -0.2) is 29.5 Å². The summed E-state index contributed by atoms with van der Waals surface area (Å²) in [6.45, 7) is 3.32. The molecule has 0 saturated carbocycles. The summed E-state index contributed by atoms with van der Waals surface area (Å²) < 4.78 is 0. The van der Waals surface area contributed by atoms with Gasteiger partial charge in [0.15, 0.2) is 0 Å². The van der Waals surface area contributed by atoms with Crippen LogP contribution in [0.5, 0.6) is 0 Å². The van der Waals surface area contributed by atoms with Crippen LogP contribution in [0.25, 0.3) is 0 Å². The lowest BCUT2D eigenvalue weighted by atomic mass is 10.1. The van der Waals surface area contributed by atoms with Crippen molar-refractivity contribution in [2.75, 3.05) is 19.3 Å². The maximum absolute atomic E-state index is 3.54. The van der Waals surface area contributed by atoms with E-state index in [1.165, 1.54) is 82.6 Å². The third-order valence-electron chi connectivity index (χ3n) is 4.75. The number of rotatable bonds is 18. The Hall–Kier alpha value is -0.643. The molecule has 1 aromatic rings. The van der Waals surface area contributed by atoms with Crippen LogP contribution in [0.3, 0.4) is 0 Å². The lowest BCUT2D eigenvalue weighted by Gasteiger charge is -2.05. The molecule has 3 radical (unpaired) electrons. The SMILES string of the molecule is [Si]CNCCCCCCCCCCCCCCNCc1ccccc1. The summed E-state index contributed by atoms with van der Waals surface area (Å²) in [5.74, 6) is 0. The molecule has 0 atom stereocenters. The zero-order chi connectivity index (χ0) is 17.8. The van der Waals surface area contributed by atoms with E-state index < -0.39 is 0 Å². The van der Waals surface area contributed by atoms with E-state index in [9.17, 15) is 0 Å². The van der Waals surface area contributed by atoms with Crippen molar-refractivity contribution in [3.05, 3.63) is 35.9 Å². The molecule has 25 heavy (non-hydrogen) atoms. The Balaban J connectivity index is 1.69. The Kier molecular flexibility index (Phi) is 16.3. The molecule has 0 bridgehead atoms. The molecule has 0 aliphatic carbocycles. The fraction of sp³-hybridized carbons (Fsp3) is 0.727. The molecule has 0 fully saturated rings. The predicted molar refractivity (Wildman–Crippen MR) is 112 cm³/mol. The van der Waals surface area contributed by atoms with Crippen LogP contribution in [0.2, 0.25) is 0 Å². The second kappa shape index (κ2) is 18.2. The fourth-order valence-electron chi connectivity index (χ4n) is 3.18. The van der Waals surface area contributed by atoms with Crippen LogP contribution in [0.15, 0.2) is 30.3 Å². The van der Waals surface area contributed by atoms with E-state index in [2.05, 4.69) is 51.2 Å². The number of hydrogen-bond acceptors (Lipinski definition) is 2. The van der Waals surface area contributed by atoms with Gasteiger partial charge >= 0.3 is 0 Å². The summed E-state index contributed by atoms with van der Waals surface area (Å²) >= 11 is 0. The summed E-state index contributed by atoms with van der Waals surface area (Å²) in [7, 11) is 3.43. The van der Waals surface area contributed by atoms with Gasteiger partial charge in [0, 0.05) is 16.8 Å². The van der Waals surface area contributed by atoms with Crippen LogP contribution >= 0.6 is 0 Å². The van der Waals surface area contributed by atoms with Gasteiger partial charge in [0.2, 0.25) is 0 Å². The van der Waals surface area contributed by atoms with Crippen LogP contribution in [0.4, 0.5) is 0 Å². The third-order valence-corrected chi connectivity index (χ3v) is 5.00. The van der Waals surface area contributed by atoms with Gasteiger partial charge in [0.25, 0.3) is 0 Å². The maximum Gasteiger partial charge on any atom is 0.0428 e. The van der Waals surface area contributed by atoms with Gasteiger partial charge in [0.05, 0.1) is 0 Å². The molecule has 141 valence electrons. The quantitative estimate of drug-likeness (QED) is 0.279. The molecule has 1 aromatic carbocycles. The average Bonchev–Trinajstić information content (AvgIpc) is 2.65. The van der Waals surface area contributed by atoms with Crippen molar-refractivity contribution in [2.24, 2.45) is 0 Å². The minimum atomic E-state index is 0.921. The molecule has 0 amide bonds. The molecule has 0 saturated heterocycles. The monoisotopic (exact) mass is 359 g/mol. The maximum atomic E-state index is 3.54. The van der Waals surface area contributed by atoms with Gasteiger partial charge in [-0.15, -0.1) is 0 Å². The summed E-state index contributed by atoms with van der Waals surface area (Å²) in [6, 6.07) is 10.7. The summed E-state index contributed by atoms with van der Waals surface area (Å²) in [5.41, 5.74) is 1.39. The van der Waals surface area contributed by atoms with Gasteiger partial charge in [-0.3, -0.25) is 0 Å². The molecule has 3 heteroatoms. The van der Waals surface area contributed by atoms with E-state index in [1.807, 2.05) is 0 Å². The van der Waals surface area contributed by atoms with E-state index in [0.29, 0.717) is 0 Å². The highest BCUT2D eigenvalue weighted by Gasteiger charge is 1.95. The molecule has 0 unspecified atom stereocenters. The standard InChI is InChI=1S/C22H39N2Si/c25-21-24-19-15-10-8-6-4-2-1-3-5-7-9-14-18-23-20-22-16-12-11-13-17-22/h11-13,16-17,23-24H,1-10,14-15,18-21H2. The molecule has 0 aliphatic heterocycles. The van der Waals surface area contributed by atoms with Crippen molar-refractivity contribution in [1.82, 2.24) is 10.6 Å². The Morgan fingerprint density at radius 2 is 1.00 bits per heavy atom. The van der Waals surface area contributed by atoms with E-state index in [-0.39, 0.29) is 0 Å². The first-order chi connectivity index (χ1) is 12.4. The highest BCUT2D eigenvalue weighted by molar-refractivity contribution is 6.08. The fourth-order valence-corrected chi connectivity index (χ4v) is 3.36. The van der Waals surface area contributed by atoms with Gasteiger partial charge in [0.1, 0.15) is 0 Å². The van der Waals surface area contributed by atoms with Gasteiger partial charge in [-0.05, 0) is 37.7 Å². The lowest BCUT2D eigenvalue weighted by molar-refractivity contribution is 0.531. The molecular weight excluding hydrogens is 320 g/mol. The van der Waals surface area contributed by atoms with Gasteiger partial charge < -0.3 is 10.6 Å². The van der Waals surface area contributed by atoms with Crippen molar-refractivity contribution in [1.29, 1.82) is 0 Å². The molecule has 0 spiro atoms. The van der Waals surface area contributed by atoms with E-state index in [4.69, 9.17) is 0 Å². The largest absolute Gasteiger partial charge is 0.320 e. The molecular formula is C22H39N2Si. The minimum Gasteiger partial charge on any atom is -0.320 e. The Labute approximate surface area is 160 Å². The highest BCUT2D eigenvalue weighted by Crippen LogP contribution is 2.11. The molecule has 0 aromatic heterocycles. The Bertz CT molecular complexity index is 370. The van der Waals surface area contributed by atoms with Gasteiger partial charge in [-0.2, -0.15) is 0 Å². The first-order valence-electron chi connectivity index (χ1n) is 10.5. The highest BCUT2D eigenvalue weighted by atomic mass is 28.1. The van der Waals surface area contributed by atoms with Gasteiger partial charge in [-0.25, -0.2) is 0 Å². The number of nitrogens with one attached hydrogen (secondary N) is 2. The summed E-state index contributed by atoms with van der Waals surface area (Å²) in [6.07, 6.45) is 17.8. The number of unbranched alkanes of at least 4 members (excludes halogenated alkanes) is 11. The second-order valence-electron chi connectivity index (χ2n) is 7.08. The van der Waals surface area contributed by atoms with Crippen molar-refractivity contribution >= 4 is 10.2 Å². The van der Waals surface area contributed by atoms with Crippen LogP contribution < -0.4 is 10.6 Å². The molecule has 2 N–H and O–H groups in total. The molecule has 0 heterocycles. The minimum absolute atomic E-state index is 0.921. The van der Waals surface area contributed by atoms with E-state index in [0.717, 1.165) is 25.8 Å². The molecule has 2 nitrogen and oxygen atoms in total. The first kappa shape index (κ1) is 22.4. The smallest absolute Gasteiger partial charge is 0.0428 e. The van der Waals surface area contributed by atoms with E-state index >= 15 is 0 Å². The average molecular weight is 360 g/mol. The second-order valence-corrected chi connectivity index (χ2v) is 7.44. The number of benzene rings is 1. The normalized spacial score (nSPS) is 11.1. The zero-order valence-corrected chi connectivity index (χ0v) is 17.2. The third kappa shape index (κ3) is 15.3. The van der Waals surface area contributed by atoms with Crippen molar-refractivity contribution < 1.29 is 0 Å². The Morgan fingerprint density at radius 3 is 1.48 bits per heavy atom. The molecule has 1 rings (SSSR count). The number of hydrogen-bond donors (Lipinski definition) is 2. The van der Waals surface area contributed by atoms with Gasteiger partial charge in [-0.1, -0.05) is 94.5 Å². The predicted octanol–water partition coefficient (Wildman–Crippen LogP) is 5.17. The Morgan fingerprint density at radius 1 is 0.560 bits per heavy atom. The topological polar surface area (TPSA) is 24.1 Å². The van der Waals surface area contributed by atoms with Crippen LogP contribution in [0, 0.1) is 0 Å². The van der Waals surface area contributed by atoms with Crippen molar-refractivity contribution in [3.63, 3.8) is 0 Å². The van der Waals surface area contributed by atoms with Crippen LogP contribution in [-0.2, 0) is 6.54 Å². The molecule has 0 aliphatic rings. The lowest BCUT2D eigenvalue weighted by Crippen LogP contribution is -2.16. The van der Waals surface area contributed by atoms with Crippen LogP contribution in [0.1, 0.15) is 82.6 Å². The first-order valence-corrected chi connectivity index (χ1v) is 11.2. The van der Waals surface area contributed by atoms with E-state index in [1.54, 1.807) is 0 Å².